The lowest BCUT2D eigenvalue weighted by Crippen LogP contribution is -2.50. The van der Waals surface area contributed by atoms with Crippen LogP contribution in [-0.2, 0) is 10.0 Å². The molecule has 0 unspecified atom stereocenters. The first-order valence-corrected chi connectivity index (χ1v) is 12.4. The molecule has 8 nitrogen and oxygen atoms in total. The third kappa shape index (κ3) is 3.83. The van der Waals surface area contributed by atoms with Crippen molar-refractivity contribution in [3.05, 3.63) is 58.7 Å². The molecule has 0 radical (unpaired) electrons. The molecule has 3 aliphatic rings. The van der Waals surface area contributed by atoms with Gasteiger partial charge in [0.25, 0.3) is 0 Å². The number of nitrogens with one attached hydrogen (secondary N) is 1. The van der Waals surface area contributed by atoms with Crippen LogP contribution in [0.5, 0.6) is 5.88 Å². The van der Waals surface area contributed by atoms with Crippen molar-refractivity contribution in [2.45, 2.75) is 56.0 Å². The van der Waals surface area contributed by atoms with Crippen LogP contribution in [0.25, 0.3) is 4.85 Å². The number of nitrogens with zero attached hydrogens (tertiary/aromatic N) is 4. The summed E-state index contributed by atoms with van der Waals surface area (Å²) in [5.41, 5.74) is 1.82. The first-order chi connectivity index (χ1) is 15.4. The van der Waals surface area contributed by atoms with Crippen molar-refractivity contribution in [2.75, 3.05) is 5.32 Å². The first-order valence-electron chi connectivity index (χ1n) is 10.5. The summed E-state index contributed by atoms with van der Waals surface area (Å²) in [5.74, 6) is 1.02. The number of benzene rings is 1. The van der Waals surface area contributed by atoms with Gasteiger partial charge < -0.3 is 10.1 Å². The van der Waals surface area contributed by atoms with Gasteiger partial charge in [0.15, 0.2) is 5.69 Å². The molecule has 10 heteroatoms. The summed E-state index contributed by atoms with van der Waals surface area (Å²) in [6.45, 7) is 8.95. The molecule has 0 spiro atoms. The van der Waals surface area contributed by atoms with Crippen LogP contribution in [0.3, 0.4) is 0 Å². The quantitative estimate of drug-likeness (QED) is 0.497. The van der Waals surface area contributed by atoms with Gasteiger partial charge in [-0.1, -0.05) is 29.8 Å². The van der Waals surface area contributed by atoms with E-state index in [9.17, 15) is 8.42 Å². The molecule has 1 aromatic heterocycles. The fourth-order valence-electron chi connectivity index (χ4n) is 4.32. The largest absolute Gasteiger partial charge is 0.474 e. The molecule has 1 aliphatic carbocycles. The van der Waals surface area contributed by atoms with E-state index in [4.69, 9.17) is 22.9 Å². The number of hydrogen-bond donors (Lipinski definition) is 1. The average molecular weight is 472 g/mol. The maximum atomic E-state index is 12.8. The number of aromatic nitrogens is 2. The Morgan fingerprint density at radius 1 is 1.22 bits per heavy atom. The van der Waals surface area contributed by atoms with Crippen molar-refractivity contribution in [2.24, 2.45) is 0 Å². The van der Waals surface area contributed by atoms with Crippen molar-refractivity contribution < 1.29 is 13.2 Å². The fraction of sp³-hybridized carbons (Fsp3) is 0.409. The monoisotopic (exact) mass is 471 g/mol. The van der Waals surface area contributed by atoms with Gasteiger partial charge in [0, 0.05) is 24.9 Å². The van der Waals surface area contributed by atoms with E-state index in [2.05, 4.69) is 20.1 Å². The third-order valence-electron chi connectivity index (χ3n) is 6.11. The van der Waals surface area contributed by atoms with E-state index in [1.165, 1.54) is 6.33 Å². The molecule has 166 valence electrons. The number of anilines is 2. The van der Waals surface area contributed by atoms with Crippen LogP contribution >= 0.6 is 11.6 Å². The second-order valence-corrected chi connectivity index (χ2v) is 10.9. The van der Waals surface area contributed by atoms with E-state index in [-0.39, 0.29) is 23.4 Å². The lowest BCUT2D eigenvalue weighted by molar-refractivity contribution is 0.0983. The molecule has 2 atom stereocenters. The Bertz CT molecular complexity index is 1220. The molecule has 2 aliphatic heterocycles. The Labute approximate surface area is 192 Å². The van der Waals surface area contributed by atoms with Gasteiger partial charge in [-0.25, -0.2) is 23.2 Å². The summed E-state index contributed by atoms with van der Waals surface area (Å²) in [6, 6.07) is 4.68. The first kappa shape index (κ1) is 21.2. The molecule has 5 rings (SSSR count). The minimum atomic E-state index is -3.23. The van der Waals surface area contributed by atoms with E-state index >= 15 is 0 Å². The lowest BCUT2D eigenvalue weighted by atomic mass is 10.0. The maximum Gasteiger partial charge on any atom is 0.221 e. The van der Waals surface area contributed by atoms with E-state index in [0.717, 1.165) is 18.4 Å². The molecule has 2 aromatic rings. The molecular formula is C22H22ClN5O3S. The Morgan fingerprint density at radius 3 is 2.56 bits per heavy atom. The van der Waals surface area contributed by atoms with E-state index in [0.29, 0.717) is 40.9 Å². The number of sulfonamides is 1. The van der Waals surface area contributed by atoms with Gasteiger partial charge in [-0.15, -0.1) is 0 Å². The summed E-state index contributed by atoms with van der Waals surface area (Å²) in [6.07, 6.45) is 7.96. The van der Waals surface area contributed by atoms with Crippen LogP contribution in [-0.4, -0.2) is 46.1 Å². The van der Waals surface area contributed by atoms with Gasteiger partial charge >= 0.3 is 0 Å². The molecule has 1 N–H and O–H groups in total. The van der Waals surface area contributed by atoms with Gasteiger partial charge in [-0.2, -0.15) is 4.31 Å². The molecule has 2 bridgehead atoms. The minimum absolute atomic E-state index is 0.145. The predicted molar refractivity (Wildman–Crippen MR) is 122 cm³/mol. The molecular weight excluding hydrogens is 450 g/mol. The Hall–Kier alpha value is -2.67. The van der Waals surface area contributed by atoms with Gasteiger partial charge in [-0.3, -0.25) is 0 Å². The van der Waals surface area contributed by atoms with E-state index in [1.54, 1.807) is 22.5 Å². The molecule has 1 aromatic carbocycles. The highest BCUT2D eigenvalue weighted by molar-refractivity contribution is 7.90. The Balaban J connectivity index is 1.31. The third-order valence-corrected chi connectivity index (χ3v) is 8.86. The smallest absolute Gasteiger partial charge is 0.221 e. The number of piperidine rings is 1. The zero-order valence-electron chi connectivity index (χ0n) is 17.4. The summed E-state index contributed by atoms with van der Waals surface area (Å²) < 4.78 is 33.5. The normalized spacial score (nSPS) is 24.8. The second-order valence-electron chi connectivity index (χ2n) is 8.36. The predicted octanol–water partition coefficient (Wildman–Crippen LogP) is 4.38. The topological polar surface area (TPSA) is 88.8 Å². The second kappa shape index (κ2) is 8.03. The number of halogens is 1. The van der Waals surface area contributed by atoms with Crippen molar-refractivity contribution in [1.29, 1.82) is 0 Å². The number of rotatable bonds is 6. The highest BCUT2D eigenvalue weighted by Crippen LogP contribution is 2.41. The molecule has 1 saturated heterocycles. The fourth-order valence-corrected chi connectivity index (χ4v) is 6.69. The van der Waals surface area contributed by atoms with Crippen LogP contribution in [0.1, 0.15) is 31.2 Å². The van der Waals surface area contributed by atoms with Crippen LogP contribution in [0.4, 0.5) is 17.2 Å². The van der Waals surface area contributed by atoms with Gasteiger partial charge in [-0.05, 0) is 31.9 Å². The summed E-state index contributed by atoms with van der Waals surface area (Å²) in [5, 5.41) is 3.39. The minimum Gasteiger partial charge on any atom is -0.474 e. The summed E-state index contributed by atoms with van der Waals surface area (Å²) in [7, 11) is -3.23. The molecule has 1 saturated carbocycles. The van der Waals surface area contributed by atoms with Gasteiger partial charge in [0.1, 0.15) is 18.2 Å². The Kier molecular flexibility index (Phi) is 5.32. The van der Waals surface area contributed by atoms with Gasteiger partial charge in [0.2, 0.25) is 15.9 Å². The number of ether oxygens (including phenoxy) is 1. The highest BCUT2D eigenvalue weighted by atomic mass is 35.5. The lowest BCUT2D eigenvalue weighted by Gasteiger charge is -2.38. The van der Waals surface area contributed by atoms with Crippen molar-refractivity contribution >= 4 is 38.8 Å². The van der Waals surface area contributed by atoms with Crippen LogP contribution < -0.4 is 10.1 Å². The standard InChI is InChI=1S/C22H22ClN5O3S/c1-13-21(27-20-8-3-14(24-2)9-19(20)23)25-12-26-22(13)31-17-10-15-4-5-16(11-17)28(15)32(29,30)18-6-7-18/h3-5,8-9,12,15-18H,6-7,10-11H2,1H3,(H,25,26,27)/t15-,16-/m0/s1. The Morgan fingerprint density at radius 2 is 1.94 bits per heavy atom. The van der Waals surface area contributed by atoms with Crippen molar-refractivity contribution in [3.8, 4) is 5.88 Å². The molecule has 32 heavy (non-hydrogen) atoms. The summed E-state index contributed by atoms with van der Waals surface area (Å²) >= 11 is 6.28. The van der Waals surface area contributed by atoms with Crippen LogP contribution in [0.15, 0.2) is 36.7 Å². The zero-order valence-corrected chi connectivity index (χ0v) is 19.0. The molecule has 3 heterocycles. The average Bonchev–Trinajstić information content (AvgIpc) is 3.58. The van der Waals surface area contributed by atoms with Crippen LogP contribution in [0, 0.1) is 13.5 Å². The molecule has 0 amide bonds. The highest BCUT2D eigenvalue weighted by Gasteiger charge is 2.50. The van der Waals surface area contributed by atoms with E-state index in [1.807, 2.05) is 19.1 Å². The number of hydrogen-bond acceptors (Lipinski definition) is 6. The van der Waals surface area contributed by atoms with Crippen molar-refractivity contribution in [1.82, 2.24) is 14.3 Å². The number of fused-ring (bicyclic) bond motifs is 2. The zero-order chi connectivity index (χ0) is 22.5. The molecule has 2 fully saturated rings. The summed E-state index contributed by atoms with van der Waals surface area (Å²) in [4.78, 5) is 12.0. The van der Waals surface area contributed by atoms with Gasteiger partial charge in [0.05, 0.1) is 28.1 Å². The van der Waals surface area contributed by atoms with E-state index < -0.39 is 10.0 Å². The SMILES string of the molecule is [C-]#[N+]c1ccc(Nc2ncnc(OC3C[C@@H]4C=C[C@@H](C3)N4S(=O)(=O)C3CC3)c2C)c(Cl)c1. The van der Waals surface area contributed by atoms with Crippen molar-refractivity contribution in [3.63, 3.8) is 0 Å². The maximum absolute atomic E-state index is 12.8. The van der Waals surface area contributed by atoms with Crippen LogP contribution in [0.2, 0.25) is 5.02 Å².